The maximum Gasteiger partial charge on any atom is 0.303 e. The lowest BCUT2D eigenvalue weighted by molar-refractivity contribution is -0.137. The zero-order chi connectivity index (χ0) is 12.0. The van der Waals surface area contributed by atoms with Gasteiger partial charge in [0.1, 0.15) is 0 Å². The molecule has 4 nitrogen and oxygen atoms in total. The minimum absolute atomic E-state index is 0.277. The molecule has 1 rings (SSSR count). The Morgan fingerprint density at radius 2 is 2.38 bits per heavy atom. The van der Waals surface area contributed by atoms with Crippen LogP contribution < -0.4 is 5.32 Å². The topological polar surface area (TPSA) is 52.6 Å². The number of hydrogen-bond acceptors (Lipinski definition) is 3. The first-order chi connectivity index (χ1) is 7.65. The summed E-state index contributed by atoms with van der Waals surface area (Å²) in [6.45, 7) is 7.50. The van der Waals surface area contributed by atoms with Gasteiger partial charge in [0.2, 0.25) is 0 Å². The lowest BCUT2D eigenvalue weighted by atomic mass is 10.1. The van der Waals surface area contributed by atoms with Gasteiger partial charge in [-0.15, -0.1) is 0 Å². The van der Waals surface area contributed by atoms with Crippen LogP contribution in [0, 0.1) is 0 Å². The van der Waals surface area contributed by atoms with E-state index >= 15 is 0 Å². The van der Waals surface area contributed by atoms with Crippen LogP contribution in [0.3, 0.4) is 0 Å². The minimum Gasteiger partial charge on any atom is -0.481 e. The fourth-order valence-corrected chi connectivity index (χ4v) is 2.33. The average molecular weight is 228 g/mol. The fourth-order valence-electron chi connectivity index (χ4n) is 2.33. The Balaban J connectivity index is 2.54. The van der Waals surface area contributed by atoms with Gasteiger partial charge in [0, 0.05) is 25.0 Å². The first-order valence-electron chi connectivity index (χ1n) is 6.33. The summed E-state index contributed by atoms with van der Waals surface area (Å²) in [7, 11) is 0. The van der Waals surface area contributed by atoms with Gasteiger partial charge in [-0.05, 0) is 39.3 Å². The molecule has 1 fully saturated rings. The molecule has 1 saturated heterocycles. The molecule has 0 bridgehead atoms. The molecule has 1 heterocycles. The van der Waals surface area contributed by atoms with Crippen molar-refractivity contribution in [2.45, 2.75) is 51.6 Å². The summed E-state index contributed by atoms with van der Waals surface area (Å²) in [5.74, 6) is -0.687. The van der Waals surface area contributed by atoms with E-state index in [-0.39, 0.29) is 6.42 Å². The minimum atomic E-state index is -0.687. The van der Waals surface area contributed by atoms with Gasteiger partial charge < -0.3 is 10.4 Å². The summed E-state index contributed by atoms with van der Waals surface area (Å²) >= 11 is 0. The number of hydrogen-bond donors (Lipinski definition) is 2. The molecule has 0 aliphatic carbocycles. The predicted molar refractivity (Wildman–Crippen MR) is 64.6 cm³/mol. The van der Waals surface area contributed by atoms with Crippen molar-refractivity contribution in [3.8, 4) is 0 Å². The molecule has 4 heteroatoms. The van der Waals surface area contributed by atoms with E-state index in [9.17, 15) is 4.79 Å². The zero-order valence-electron chi connectivity index (χ0n) is 10.4. The highest BCUT2D eigenvalue weighted by Gasteiger charge is 2.24. The van der Waals surface area contributed by atoms with Gasteiger partial charge in [0.25, 0.3) is 0 Å². The van der Waals surface area contributed by atoms with Crippen molar-refractivity contribution in [3.63, 3.8) is 0 Å². The Hall–Kier alpha value is -0.610. The van der Waals surface area contributed by atoms with Crippen LogP contribution in [0.15, 0.2) is 0 Å². The molecule has 94 valence electrons. The Bertz CT molecular complexity index is 221. The molecule has 0 spiro atoms. The Kier molecular flexibility index (Phi) is 5.77. The maximum atomic E-state index is 10.6. The van der Waals surface area contributed by atoms with Crippen LogP contribution in [0.1, 0.15) is 39.5 Å². The van der Waals surface area contributed by atoms with Crippen molar-refractivity contribution in [1.29, 1.82) is 0 Å². The third-order valence-electron chi connectivity index (χ3n) is 3.47. The number of carboxylic acid groups (broad SMARTS) is 1. The molecule has 0 aromatic rings. The molecular formula is C12H24N2O2. The van der Waals surface area contributed by atoms with E-state index in [0.717, 1.165) is 38.9 Å². The average Bonchev–Trinajstić information content (AvgIpc) is 2.50. The van der Waals surface area contributed by atoms with Crippen molar-refractivity contribution in [3.05, 3.63) is 0 Å². The SMILES string of the molecule is CCC(C)N1CCCNCC1CCC(=O)O. The normalized spacial score (nSPS) is 25.0. The summed E-state index contributed by atoms with van der Waals surface area (Å²) in [6.07, 6.45) is 3.32. The number of nitrogens with zero attached hydrogens (tertiary/aromatic N) is 1. The quantitative estimate of drug-likeness (QED) is 0.745. The van der Waals surface area contributed by atoms with Crippen LogP contribution in [-0.4, -0.2) is 47.7 Å². The van der Waals surface area contributed by atoms with Crippen LogP contribution in [0.5, 0.6) is 0 Å². The number of nitrogens with one attached hydrogen (secondary N) is 1. The summed E-state index contributed by atoms with van der Waals surface area (Å²) < 4.78 is 0. The third-order valence-corrected chi connectivity index (χ3v) is 3.47. The third kappa shape index (κ3) is 4.10. The van der Waals surface area contributed by atoms with E-state index in [0.29, 0.717) is 12.1 Å². The molecule has 0 amide bonds. The molecule has 1 aliphatic rings. The molecule has 1 aliphatic heterocycles. The van der Waals surface area contributed by atoms with Gasteiger partial charge in [-0.25, -0.2) is 0 Å². The molecule has 2 N–H and O–H groups in total. The first kappa shape index (κ1) is 13.5. The lowest BCUT2D eigenvalue weighted by Gasteiger charge is -2.34. The second-order valence-corrected chi connectivity index (χ2v) is 4.64. The molecule has 0 radical (unpaired) electrons. The van der Waals surface area contributed by atoms with Crippen molar-refractivity contribution in [1.82, 2.24) is 10.2 Å². The molecule has 0 aromatic heterocycles. The number of carboxylic acids is 1. The number of aliphatic carboxylic acids is 1. The standard InChI is InChI=1S/C12H24N2O2/c1-3-10(2)14-8-4-7-13-9-11(14)5-6-12(15)16/h10-11,13H,3-9H2,1-2H3,(H,15,16). The van der Waals surface area contributed by atoms with Gasteiger partial charge in [0.15, 0.2) is 0 Å². The second-order valence-electron chi connectivity index (χ2n) is 4.64. The molecule has 2 unspecified atom stereocenters. The van der Waals surface area contributed by atoms with Crippen LogP contribution in [0.4, 0.5) is 0 Å². The fraction of sp³-hybridized carbons (Fsp3) is 0.917. The van der Waals surface area contributed by atoms with Crippen molar-refractivity contribution < 1.29 is 9.90 Å². The van der Waals surface area contributed by atoms with Crippen LogP contribution >= 0.6 is 0 Å². The summed E-state index contributed by atoms with van der Waals surface area (Å²) in [5, 5.41) is 12.2. The predicted octanol–water partition coefficient (Wildman–Crippen LogP) is 1.31. The molecule has 2 atom stereocenters. The van der Waals surface area contributed by atoms with Crippen molar-refractivity contribution in [2.24, 2.45) is 0 Å². The van der Waals surface area contributed by atoms with Gasteiger partial charge in [-0.1, -0.05) is 6.92 Å². The summed E-state index contributed by atoms with van der Waals surface area (Å²) in [6, 6.07) is 0.937. The van der Waals surface area contributed by atoms with E-state index in [1.807, 2.05) is 0 Å². The van der Waals surface area contributed by atoms with Crippen LogP contribution in [0.2, 0.25) is 0 Å². The smallest absolute Gasteiger partial charge is 0.303 e. The monoisotopic (exact) mass is 228 g/mol. The molecule has 0 aromatic carbocycles. The number of carbonyl (C=O) groups is 1. The second kappa shape index (κ2) is 6.86. The molecular weight excluding hydrogens is 204 g/mol. The largest absolute Gasteiger partial charge is 0.481 e. The van der Waals surface area contributed by atoms with Gasteiger partial charge in [-0.3, -0.25) is 9.69 Å². The van der Waals surface area contributed by atoms with E-state index in [1.165, 1.54) is 0 Å². The maximum absolute atomic E-state index is 10.6. The Morgan fingerprint density at radius 1 is 1.62 bits per heavy atom. The van der Waals surface area contributed by atoms with E-state index < -0.39 is 5.97 Å². The van der Waals surface area contributed by atoms with Crippen molar-refractivity contribution in [2.75, 3.05) is 19.6 Å². The van der Waals surface area contributed by atoms with Crippen LogP contribution in [-0.2, 0) is 4.79 Å². The number of rotatable bonds is 5. The molecule has 0 saturated carbocycles. The van der Waals surface area contributed by atoms with Crippen LogP contribution in [0.25, 0.3) is 0 Å². The highest BCUT2D eigenvalue weighted by atomic mass is 16.4. The lowest BCUT2D eigenvalue weighted by Crippen LogP contribution is -2.44. The van der Waals surface area contributed by atoms with Gasteiger partial charge >= 0.3 is 5.97 Å². The zero-order valence-corrected chi connectivity index (χ0v) is 10.4. The molecule has 16 heavy (non-hydrogen) atoms. The van der Waals surface area contributed by atoms with Gasteiger partial charge in [-0.2, -0.15) is 0 Å². The Labute approximate surface area is 98.0 Å². The Morgan fingerprint density at radius 3 is 3.00 bits per heavy atom. The van der Waals surface area contributed by atoms with E-state index in [4.69, 9.17) is 5.11 Å². The van der Waals surface area contributed by atoms with Gasteiger partial charge in [0.05, 0.1) is 0 Å². The highest BCUT2D eigenvalue weighted by molar-refractivity contribution is 5.66. The van der Waals surface area contributed by atoms with Crippen molar-refractivity contribution >= 4 is 5.97 Å². The highest BCUT2D eigenvalue weighted by Crippen LogP contribution is 2.15. The van der Waals surface area contributed by atoms with E-state index in [2.05, 4.69) is 24.1 Å². The van der Waals surface area contributed by atoms with E-state index in [1.54, 1.807) is 0 Å². The summed E-state index contributed by atoms with van der Waals surface area (Å²) in [5.41, 5.74) is 0. The summed E-state index contributed by atoms with van der Waals surface area (Å²) in [4.78, 5) is 13.1. The first-order valence-corrected chi connectivity index (χ1v) is 6.33.